The van der Waals surface area contributed by atoms with Crippen LogP contribution in [0.25, 0.3) is 0 Å². The summed E-state index contributed by atoms with van der Waals surface area (Å²) < 4.78 is 0. The number of piperidine rings is 2. The van der Waals surface area contributed by atoms with Crippen LogP contribution in [0.15, 0.2) is 48.7 Å². The Bertz CT molecular complexity index is 810. The first kappa shape index (κ1) is 18.1. The molecule has 27 heavy (non-hydrogen) atoms. The van der Waals surface area contributed by atoms with Gasteiger partial charge in [0.15, 0.2) is 0 Å². The number of pyridine rings is 1. The average Bonchev–Trinajstić information content (AvgIpc) is 2.68. The number of rotatable bonds is 3. The molecule has 3 atom stereocenters. The van der Waals surface area contributed by atoms with E-state index in [1.54, 1.807) is 0 Å². The zero-order valence-electron chi connectivity index (χ0n) is 15.8. The third kappa shape index (κ3) is 3.62. The van der Waals surface area contributed by atoms with Crippen molar-refractivity contribution in [1.82, 2.24) is 15.2 Å². The number of amides is 1. The average molecular weight is 365 g/mol. The number of carbonyl (C=O) groups is 1. The number of aliphatic hydroxyl groups is 1. The van der Waals surface area contributed by atoms with Crippen LogP contribution in [-0.4, -0.2) is 40.1 Å². The molecule has 0 aliphatic carbocycles. The van der Waals surface area contributed by atoms with Crippen molar-refractivity contribution in [2.45, 2.75) is 44.9 Å². The van der Waals surface area contributed by atoms with E-state index in [1.165, 1.54) is 5.56 Å². The lowest BCUT2D eigenvalue weighted by Crippen LogP contribution is -2.59. The minimum atomic E-state index is -0.568. The summed E-state index contributed by atoms with van der Waals surface area (Å²) in [6.07, 6.45) is 3.55. The van der Waals surface area contributed by atoms with E-state index < -0.39 is 11.5 Å². The van der Waals surface area contributed by atoms with E-state index in [0.717, 1.165) is 37.2 Å². The molecule has 2 fully saturated rings. The van der Waals surface area contributed by atoms with E-state index in [2.05, 4.69) is 28.2 Å². The first-order valence-electron chi connectivity index (χ1n) is 9.74. The van der Waals surface area contributed by atoms with E-state index in [0.29, 0.717) is 13.0 Å². The van der Waals surface area contributed by atoms with Gasteiger partial charge in [-0.3, -0.25) is 14.7 Å². The smallest absolute Gasteiger partial charge is 0.228 e. The lowest BCUT2D eigenvalue weighted by atomic mass is 9.70. The molecule has 1 aromatic heterocycles. The second kappa shape index (κ2) is 7.41. The number of likely N-dealkylation sites (tertiary alicyclic amines) is 1. The Morgan fingerprint density at radius 3 is 2.85 bits per heavy atom. The highest BCUT2D eigenvalue weighted by molar-refractivity contribution is 5.84. The molecule has 1 spiro atoms. The van der Waals surface area contributed by atoms with Gasteiger partial charge in [0.1, 0.15) is 0 Å². The first-order valence-corrected chi connectivity index (χ1v) is 9.74. The zero-order chi connectivity index (χ0) is 18.9. The SMILES string of the molecule is Cc1cccnc1CN1CCC[C@]2(C[C@@H](O)[C@H](c3ccccc3)NC2=O)C1. The molecule has 142 valence electrons. The summed E-state index contributed by atoms with van der Waals surface area (Å²) in [6, 6.07) is 13.5. The zero-order valence-corrected chi connectivity index (χ0v) is 15.8. The molecule has 0 bridgehead atoms. The Morgan fingerprint density at radius 2 is 2.07 bits per heavy atom. The summed E-state index contributed by atoms with van der Waals surface area (Å²) >= 11 is 0. The number of nitrogens with one attached hydrogen (secondary N) is 1. The van der Waals surface area contributed by atoms with Gasteiger partial charge in [-0.25, -0.2) is 0 Å². The summed E-state index contributed by atoms with van der Waals surface area (Å²) in [5.41, 5.74) is 2.69. The number of carbonyl (C=O) groups excluding carboxylic acids is 1. The van der Waals surface area contributed by atoms with Crippen LogP contribution in [0.4, 0.5) is 0 Å². The summed E-state index contributed by atoms with van der Waals surface area (Å²) in [6.45, 7) is 4.46. The van der Waals surface area contributed by atoms with E-state index in [-0.39, 0.29) is 11.9 Å². The first-order chi connectivity index (χ1) is 13.1. The molecule has 1 aromatic carbocycles. The molecule has 3 heterocycles. The number of hydrogen-bond donors (Lipinski definition) is 2. The molecule has 2 aliphatic rings. The molecule has 2 N–H and O–H groups in total. The highest BCUT2D eigenvalue weighted by atomic mass is 16.3. The van der Waals surface area contributed by atoms with Gasteiger partial charge in [-0.05, 0) is 49.9 Å². The van der Waals surface area contributed by atoms with Crippen LogP contribution >= 0.6 is 0 Å². The molecule has 1 amide bonds. The van der Waals surface area contributed by atoms with Crippen molar-refractivity contribution in [2.75, 3.05) is 13.1 Å². The van der Waals surface area contributed by atoms with Gasteiger partial charge in [0, 0.05) is 19.3 Å². The van der Waals surface area contributed by atoms with Gasteiger partial charge in [-0.2, -0.15) is 0 Å². The Balaban J connectivity index is 1.50. The normalized spacial score (nSPS) is 28.9. The van der Waals surface area contributed by atoms with Crippen LogP contribution in [0.2, 0.25) is 0 Å². The molecular weight excluding hydrogens is 338 g/mol. The predicted octanol–water partition coefficient (Wildman–Crippen LogP) is 2.59. The maximum Gasteiger partial charge on any atom is 0.228 e. The summed E-state index contributed by atoms with van der Waals surface area (Å²) in [7, 11) is 0. The van der Waals surface area contributed by atoms with Crippen molar-refractivity contribution >= 4 is 5.91 Å². The fourth-order valence-electron chi connectivity index (χ4n) is 4.58. The number of aromatic nitrogens is 1. The van der Waals surface area contributed by atoms with E-state index in [9.17, 15) is 9.90 Å². The van der Waals surface area contributed by atoms with Gasteiger partial charge >= 0.3 is 0 Å². The van der Waals surface area contributed by atoms with E-state index >= 15 is 0 Å². The van der Waals surface area contributed by atoms with Crippen molar-refractivity contribution < 1.29 is 9.90 Å². The van der Waals surface area contributed by atoms with Crippen LogP contribution in [-0.2, 0) is 11.3 Å². The lowest BCUT2D eigenvalue weighted by Gasteiger charge is -2.47. The third-order valence-electron chi connectivity index (χ3n) is 6.06. The lowest BCUT2D eigenvalue weighted by molar-refractivity contribution is -0.145. The fourth-order valence-corrected chi connectivity index (χ4v) is 4.58. The van der Waals surface area contributed by atoms with Gasteiger partial charge < -0.3 is 10.4 Å². The second-order valence-corrected chi connectivity index (χ2v) is 7.99. The van der Waals surface area contributed by atoms with Gasteiger partial charge in [0.2, 0.25) is 5.91 Å². The predicted molar refractivity (Wildman–Crippen MR) is 104 cm³/mol. The molecule has 2 aliphatic heterocycles. The topological polar surface area (TPSA) is 65.5 Å². The molecule has 4 rings (SSSR count). The van der Waals surface area contributed by atoms with Gasteiger partial charge in [0.05, 0.1) is 23.3 Å². The van der Waals surface area contributed by atoms with Crippen LogP contribution in [0.5, 0.6) is 0 Å². The van der Waals surface area contributed by atoms with Crippen molar-refractivity contribution in [1.29, 1.82) is 0 Å². The number of aryl methyl sites for hydroxylation is 1. The van der Waals surface area contributed by atoms with Crippen molar-refractivity contribution in [3.63, 3.8) is 0 Å². The molecule has 5 heteroatoms. The van der Waals surface area contributed by atoms with Gasteiger partial charge in [-0.15, -0.1) is 0 Å². The van der Waals surface area contributed by atoms with Crippen molar-refractivity contribution in [3.05, 3.63) is 65.5 Å². The Labute approximate surface area is 160 Å². The molecule has 0 radical (unpaired) electrons. The Morgan fingerprint density at radius 1 is 1.26 bits per heavy atom. The maximum atomic E-state index is 13.1. The minimum Gasteiger partial charge on any atom is -0.391 e. The largest absolute Gasteiger partial charge is 0.391 e. The van der Waals surface area contributed by atoms with Crippen LogP contribution in [0.3, 0.4) is 0 Å². The monoisotopic (exact) mass is 365 g/mol. The molecule has 2 saturated heterocycles. The summed E-state index contributed by atoms with van der Waals surface area (Å²) in [5, 5.41) is 13.9. The van der Waals surface area contributed by atoms with Crippen molar-refractivity contribution in [2.24, 2.45) is 5.41 Å². The molecule has 5 nitrogen and oxygen atoms in total. The van der Waals surface area contributed by atoms with Gasteiger partial charge in [-0.1, -0.05) is 36.4 Å². The highest BCUT2D eigenvalue weighted by Crippen LogP contribution is 2.41. The number of nitrogens with zero attached hydrogens (tertiary/aromatic N) is 2. The van der Waals surface area contributed by atoms with E-state index in [1.807, 2.05) is 42.6 Å². The van der Waals surface area contributed by atoms with E-state index in [4.69, 9.17) is 0 Å². The third-order valence-corrected chi connectivity index (χ3v) is 6.06. The second-order valence-electron chi connectivity index (χ2n) is 7.99. The Kier molecular flexibility index (Phi) is 4.98. The molecule has 0 unspecified atom stereocenters. The molecular formula is C22H27N3O2. The van der Waals surface area contributed by atoms with Crippen LogP contribution < -0.4 is 5.32 Å². The van der Waals surface area contributed by atoms with Crippen molar-refractivity contribution in [3.8, 4) is 0 Å². The highest BCUT2D eigenvalue weighted by Gasteiger charge is 2.49. The van der Waals surface area contributed by atoms with Gasteiger partial charge in [0.25, 0.3) is 0 Å². The van der Waals surface area contributed by atoms with Crippen LogP contribution in [0, 0.1) is 12.3 Å². The fraction of sp³-hybridized carbons (Fsp3) is 0.455. The minimum absolute atomic E-state index is 0.0732. The number of hydrogen-bond acceptors (Lipinski definition) is 4. The number of benzene rings is 1. The Hall–Kier alpha value is -2.24. The summed E-state index contributed by atoms with van der Waals surface area (Å²) in [5.74, 6) is 0.0732. The maximum absolute atomic E-state index is 13.1. The summed E-state index contributed by atoms with van der Waals surface area (Å²) in [4.78, 5) is 19.9. The quantitative estimate of drug-likeness (QED) is 0.878. The number of aliphatic hydroxyl groups excluding tert-OH is 1. The standard InChI is InChI=1S/C22H27N3O2/c1-16-7-5-11-23-18(16)14-25-12-6-10-22(15-25)13-19(26)20(24-21(22)27)17-8-3-2-4-9-17/h2-5,7-9,11,19-20,26H,6,10,12-15H2,1H3,(H,24,27)/t19-,20+,22+/m1/s1. The van der Waals surface area contributed by atoms with Crippen LogP contribution in [0.1, 0.15) is 42.1 Å². The molecule has 2 aromatic rings. The molecule has 0 saturated carbocycles.